The lowest BCUT2D eigenvalue weighted by Gasteiger charge is -2.11. The van der Waals surface area contributed by atoms with Gasteiger partial charge in [-0.3, -0.25) is 9.78 Å². The second-order valence-electron chi connectivity index (χ2n) is 5.51. The molecule has 0 atom stereocenters. The number of benzene rings is 2. The van der Waals surface area contributed by atoms with Crippen LogP contribution in [-0.4, -0.2) is 16.1 Å². The summed E-state index contributed by atoms with van der Waals surface area (Å²) >= 11 is 0. The second-order valence-corrected chi connectivity index (χ2v) is 5.51. The third kappa shape index (κ3) is 3.21. The fraction of sp³-hybridized carbons (Fsp3) is 0.158. The zero-order valence-electron chi connectivity index (χ0n) is 12.7. The maximum absolute atomic E-state index is 13.5. The number of hydrogen-bond acceptors (Lipinski definition) is 2. The first-order valence-corrected chi connectivity index (χ1v) is 7.41. The van der Waals surface area contributed by atoms with Gasteiger partial charge in [-0.2, -0.15) is 0 Å². The zero-order chi connectivity index (χ0) is 16.4. The van der Waals surface area contributed by atoms with Gasteiger partial charge >= 0.3 is 5.97 Å². The molecular formula is C19H16FNO2. The molecule has 0 aliphatic rings. The maximum Gasteiger partial charge on any atom is 0.303 e. The molecule has 4 heteroatoms. The molecule has 2 aromatic carbocycles. The van der Waals surface area contributed by atoms with Crippen LogP contribution >= 0.6 is 0 Å². The molecule has 0 aliphatic carbocycles. The average Bonchev–Trinajstić information content (AvgIpc) is 2.52. The molecule has 3 aromatic rings. The molecule has 23 heavy (non-hydrogen) atoms. The van der Waals surface area contributed by atoms with Gasteiger partial charge in [-0.1, -0.05) is 24.3 Å². The lowest BCUT2D eigenvalue weighted by atomic mass is 9.98. The van der Waals surface area contributed by atoms with Gasteiger partial charge in [-0.15, -0.1) is 0 Å². The van der Waals surface area contributed by atoms with Gasteiger partial charge in [-0.25, -0.2) is 4.39 Å². The number of pyridine rings is 1. The van der Waals surface area contributed by atoms with Crippen LogP contribution < -0.4 is 0 Å². The molecule has 3 nitrogen and oxygen atoms in total. The van der Waals surface area contributed by atoms with E-state index in [1.807, 2.05) is 37.3 Å². The number of hydrogen-bond donors (Lipinski definition) is 1. The summed E-state index contributed by atoms with van der Waals surface area (Å²) in [5, 5.41) is 9.81. The fourth-order valence-corrected chi connectivity index (χ4v) is 2.76. The van der Waals surface area contributed by atoms with Crippen molar-refractivity contribution in [2.24, 2.45) is 0 Å². The Kier molecular flexibility index (Phi) is 4.06. The normalized spacial score (nSPS) is 10.9. The van der Waals surface area contributed by atoms with Gasteiger partial charge < -0.3 is 5.11 Å². The summed E-state index contributed by atoms with van der Waals surface area (Å²) in [5.74, 6) is -1.12. The molecule has 0 saturated carbocycles. The first kappa shape index (κ1) is 15.2. The van der Waals surface area contributed by atoms with E-state index in [-0.39, 0.29) is 12.2 Å². The number of aliphatic carboxylic acids is 1. The van der Waals surface area contributed by atoms with Crippen LogP contribution in [-0.2, 0) is 11.2 Å². The molecule has 3 rings (SSSR count). The number of nitrogens with zero attached hydrogens (tertiary/aromatic N) is 1. The lowest BCUT2D eigenvalue weighted by Crippen LogP contribution is -1.99. The number of halogens is 1. The number of fused-ring (bicyclic) bond motifs is 1. The Morgan fingerprint density at radius 3 is 2.70 bits per heavy atom. The van der Waals surface area contributed by atoms with E-state index in [1.165, 1.54) is 12.1 Å². The highest BCUT2D eigenvalue weighted by Crippen LogP contribution is 2.28. The first-order valence-electron chi connectivity index (χ1n) is 7.41. The number of rotatable bonds is 4. The summed E-state index contributed by atoms with van der Waals surface area (Å²) in [5.41, 5.74) is 4.21. The SMILES string of the molecule is Cc1nc2cccc(CCC(=O)O)c2cc1-c1cccc(F)c1. The molecule has 116 valence electrons. The van der Waals surface area contributed by atoms with Gasteiger partial charge in [0.05, 0.1) is 5.52 Å². The Bertz CT molecular complexity index is 890. The molecular weight excluding hydrogens is 293 g/mol. The Hall–Kier alpha value is -2.75. The largest absolute Gasteiger partial charge is 0.481 e. The predicted octanol–water partition coefficient (Wildman–Crippen LogP) is 4.37. The van der Waals surface area contributed by atoms with Crippen molar-refractivity contribution in [3.63, 3.8) is 0 Å². The summed E-state index contributed by atoms with van der Waals surface area (Å²) in [4.78, 5) is 15.4. The lowest BCUT2D eigenvalue weighted by molar-refractivity contribution is -0.136. The summed E-state index contributed by atoms with van der Waals surface area (Å²) < 4.78 is 13.5. The standard InChI is InChI=1S/C19H16FNO2/c1-12-16(14-5-2-6-15(20)10-14)11-17-13(8-9-19(22)23)4-3-7-18(17)21-12/h2-7,10-11H,8-9H2,1H3,(H,22,23). The van der Waals surface area contributed by atoms with Crippen LogP contribution in [0.15, 0.2) is 48.5 Å². The number of carboxylic acid groups (broad SMARTS) is 1. The molecule has 0 amide bonds. The van der Waals surface area contributed by atoms with E-state index in [1.54, 1.807) is 6.07 Å². The maximum atomic E-state index is 13.5. The molecule has 0 spiro atoms. The summed E-state index contributed by atoms with van der Waals surface area (Å²) in [7, 11) is 0. The molecule has 0 bridgehead atoms. The van der Waals surface area contributed by atoms with E-state index in [2.05, 4.69) is 4.98 Å². The number of aryl methyl sites for hydroxylation is 2. The third-order valence-electron chi connectivity index (χ3n) is 3.88. The molecule has 0 unspecified atom stereocenters. The van der Waals surface area contributed by atoms with Crippen molar-refractivity contribution >= 4 is 16.9 Å². The van der Waals surface area contributed by atoms with Crippen LogP contribution in [0.2, 0.25) is 0 Å². The molecule has 1 heterocycles. The van der Waals surface area contributed by atoms with Gasteiger partial charge in [0.2, 0.25) is 0 Å². The van der Waals surface area contributed by atoms with E-state index in [0.717, 1.165) is 33.3 Å². The second kappa shape index (κ2) is 6.16. The van der Waals surface area contributed by atoms with E-state index < -0.39 is 5.97 Å². The molecule has 0 radical (unpaired) electrons. The Morgan fingerprint density at radius 2 is 1.96 bits per heavy atom. The average molecular weight is 309 g/mol. The minimum atomic E-state index is -0.826. The Balaban J connectivity index is 2.14. The van der Waals surface area contributed by atoms with E-state index >= 15 is 0 Å². The highest BCUT2D eigenvalue weighted by molar-refractivity contribution is 5.88. The van der Waals surface area contributed by atoms with Crippen molar-refractivity contribution < 1.29 is 14.3 Å². The van der Waals surface area contributed by atoms with Crippen molar-refractivity contribution in [3.8, 4) is 11.1 Å². The third-order valence-corrected chi connectivity index (χ3v) is 3.88. The van der Waals surface area contributed by atoms with E-state index in [9.17, 15) is 9.18 Å². The highest BCUT2D eigenvalue weighted by Gasteiger charge is 2.10. The topological polar surface area (TPSA) is 50.2 Å². The Labute approximate surface area is 133 Å². The van der Waals surface area contributed by atoms with Gasteiger partial charge in [0, 0.05) is 23.1 Å². The fourth-order valence-electron chi connectivity index (χ4n) is 2.76. The summed E-state index contributed by atoms with van der Waals surface area (Å²) in [6.45, 7) is 1.89. The van der Waals surface area contributed by atoms with Crippen LogP contribution in [0.4, 0.5) is 4.39 Å². The zero-order valence-corrected chi connectivity index (χ0v) is 12.7. The minimum Gasteiger partial charge on any atom is -0.481 e. The summed E-state index contributed by atoms with van der Waals surface area (Å²) in [6, 6.07) is 14.1. The minimum absolute atomic E-state index is 0.0717. The van der Waals surface area contributed by atoms with Gasteiger partial charge in [-0.05, 0) is 48.7 Å². The molecule has 0 aliphatic heterocycles. The van der Waals surface area contributed by atoms with Crippen molar-refractivity contribution in [3.05, 3.63) is 65.6 Å². The molecule has 1 aromatic heterocycles. The van der Waals surface area contributed by atoms with Crippen LogP contribution in [0.25, 0.3) is 22.0 Å². The van der Waals surface area contributed by atoms with Crippen LogP contribution in [0.5, 0.6) is 0 Å². The van der Waals surface area contributed by atoms with Crippen LogP contribution in [0.3, 0.4) is 0 Å². The molecule has 1 N–H and O–H groups in total. The van der Waals surface area contributed by atoms with E-state index in [0.29, 0.717) is 6.42 Å². The van der Waals surface area contributed by atoms with Crippen molar-refractivity contribution in [1.29, 1.82) is 0 Å². The van der Waals surface area contributed by atoms with Crippen LogP contribution in [0.1, 0.15) is 17.7 Å². The highest BCUT2D eigenvalue weighted by atomic mass is 19.1. The van der Waals surface area contributed by atoms with E-state index in [4.69, 9.17) is 5.11 Å². The van der Waals surface area contributed by atoms with Crippen molar-refractivity contribution in [2.45, 2.75) is 19.8 Å². The Morgan fingerprint density at radius 1 is 1.17 bits per heavy atom. The summed E-state index contributed by atoms with van der Waals surface area (Å²) in [6.07, 6.45) is 0.516. The molecule has 0 fully saturated rings. The van der Waals surface area contributed by atoms with Gasteiger partial charge in [0.25, 0.3) is 0 Å². The first-order chi connectivity index (χ1) is 11.0. The van der Waals surface area contributed by atoms with Crippen molar-refractivity contribution in [2.75, 3.05) is 0 Å². The quantitative estimate of drug-likeness (QED) is 0.778. The van der Waals surface area contributed by atoms with Gasteiger partial charge in [0.15, 0.2) is 0 Å². The number of carboxylic acids is 1. The van der Waals surface area contributed by atoms with Crippen LogP contribution in [0, 0.1) is 12.7 Å². The smallest absolute Gasteiger partial charge is 0.303 e. The van der Waals surface area contributed by atoms with Crippen molar-refractivity contribution in [1.82, 2.24) is 4.98 Å². The monoisotopic (exact) mass is 309 g/mol. The number of aromatic nitrogens is 1. The number of carbonyl (C=O) groups is 1. The predicted molar refractivity (Wildman–Crippen MR) is 87.8 cm³/mol. The molecule has 0 saturated heterocycles. The van der Waals surface area contributed by atoms with Gasteiger partial charge in [0.1, 0.15) is 5.82 Å².